The van der Waals surface area contributed by atoms with E-state index in [1.807, 2.05) is 13.0 Å². The van der Waals surface area contributed by atoms with Crippen molar-refractivity contribution in [1.29, 1.82) is 5.26 Å². The van der Waals surface area contributed by atoms with Crippen molar-refractivity contribution >= 4 is 46.8 Å². The summed E-state index contributed by atoms with van der Waals surface area (Å²) in [6.45, 7) is 5.41. The van der Waals surface area contributed by atoms with Crippen LogP contribution in [0.3, 0.4) is 0 Å². The van der Waals surface area contributed by atoms with Gasteiger partial charge in [-0.3, -0.25) is 4.79 Å². The van der Waals surface area contributed by atoms with Crippen molar-refractivity contribution in [3.63, 3.8) is 0 Å². The smallest absolute Gasteiger partial charge is 0.335 e. The van der Waals surface area contributed by atoms with Crippen LogP contribution < -0.4 is 5.32 Å². The lowest BCUT2D eigenvalue weighted by Gasteiger charge is -2.12. The number of carboxylic acids is 1. The standard InChI is InChI=1S/C24H19Cl2N3O3/c1-13-9-17(15(3)29(13)22-11-16(24(31)32)7-8-20(22)26)10-18(12-27)23(30)28-21-6-4-5-19(25)14(21)2/h4-11H,1-3H3,(H,28,30)(H,31,32)/b18-10-. The van der Waals surface area contributed by atoms with Crippen LogP contribution in [0.15, 0.2) is 48.0 Å². The maximum atomic E-state index is 12.7. The second-order valence-corrected chi connectivity index (χ2v) is 7.98. The summed E-state index contributed by atoms with van der Waals surface area (Å²) in [5.74, 6) is -1.63. The van der Waals surface area contributed by atoms with Crippen LogP contribution >= 0.6 is 23.2 Å². The first kappa shape index (κ1) is 23.1. The Morgan fingerprint density at radius 2 is 1.81 bits per heavy atom. The number of carbonyl (C=O) groups is 2. The van der Waals surface area contributed by atoms with Crippen molar-refractivity contribution < 1.29 is 14.7 Å². The van der Waals surface area contributed by atoms with E-state index >= 15 is 0 Å². The number of carbonyl (C=O) groups excluding carboxylic acids is 1. The Morgan fingerprint density at radius 1 is 1.09 bits per heavy atom. The molecule has 1 heterocycles. The van der Waals surface area contributed by atoms with E-state index in [1.165, 1.54) is 24.3 Å². The topological polar surface area (TPSA) is 95.1 Å². The Labute approximate surface area is 195 Å². The monoisotopic (exact) mass is 467 g/mol. The summed E-state index contributed by atoms with van der Waals surface area (Å²) in [4.78, 5) is 24.1. The van der Waals surface area contributed by atoms with Crippen molar-refractivity contribution in [3.8, 4) is 11.8 Å². The summed E-state index contributed by atoms with van der Waals surface area (Å²) in [6, 6.07) is 13.3. The molecular formula is C24H19Cl2N3O3. The maximum absolute atomic E-state index is 12.7. The van der Waals surface area contributed by atoms with Gasteiger partial charge in [-0.2, -0.15) is 5.26 Å². The molecule has 6 nitrogen and oxygen atoms in total. The van der Waals surface area contributed by atoms with Gasteiger partial charge in [-0.05, 0) is 74.4 Å². The third-order valence-electron chi connectivity index (χ3n) is 5.09. The van der Waals surface area contributed by atoms with E-state index < -0.39 is 11.9 Å². The lowest BCUT2D eigenvalue weighted by Crippen LogP contribution is -2.14. The maximum Gasteiger partial charge on any atom is 0.335 e. The van der Waals surface area contributed by atoms with Gasteiger partial charge in [0.2, 0.25) is 0 Å². The van der Waals surface area contributed by atoms with Crippen LogP contribution in [-0.4, -0.2) is 21.6 Å². The van der Waals surface area contributed by atoms with Gasteiger partial charge < -0.3 is 15.0 Å². The number of nitriles is 1. The third kappa shape index (κ3) is 4.54. The molecule has 0 saturated heterocycles. The van der Waals surface area contributed by atoms with Crippen LogP contribution in [0.4, 0.5) is 5.69 Å². The lowest BCUT2D eigenvalue weighted by molar-refractivity contribution is -0.112. The summed E-state index contributed by atoms with van der Waals surface area (Å²) in [7, 11) is 0. The SMILES string of the molecule is Cc1c(Cl)cccc1NC(=O)/C(C#N)=C\c1cc(C)n(-c2cc(C(=O)O)ccc2Cl)c1C. The van der Waals surface area contributed by atoms with Crippen molar-refractivity contribution in [1.82, 2.24) is 4.57 Å². The van der Waals surface area contributed by atoms with Crippen LogP contribution in [-0.2, 0) is 4.79 Å². The second kappa shape index (κ2) is 9.31. The number of carboxylic acid groups (broad SMARTS) is 1. The Bertz CT molecular complexity index is 1320. The predicted molar refractivity (Wildman–Crippen MR) is 126 cm³/mol. The lowest BCUT2D eigenvalue weighted by atomic mass is 10.1. The molecule has 0 radical (unpaired) electrons. The fourth-order valence-corrected chi connectivity index (χ4v) is 3.73. The summed E-state index contributed by atoms with van der Waals surface area (Å²) < 4.78 is 1.79. The number of rotatable bonds is 5. The summed E-state index contributed by atoms with van der Waals surface area (Å²) in [6.07, 6.45) is 1.49. The van der Waals surface area contributed by atoms with E-state index in [0.29, 0.717) is 38.2 Å². The van der Waals surface area contributed by atoms with Gasteiger partial charge in [-0.1, -0.05) is 29.3 Å². The minimum Gasteiger partial charge on any atom is -0.478 e. The molecule has 32 heavy (non-hydrogen) atoms. The molecule has 0 aliphatic carbocycles. The van der Waals surface area contributed by atoms with Crippen molar-refractivity contribution in [2.24, 2.45) is 0 Å². The van der Waals surface area contributed by atoms with Crippen molar-refractivity contribution in [3.05, 3.63) is 86.2 Å². The van der Waals surface area contributed by atoms with E-state index in [2.05, 4.69) is 5.32 Å². The van der Waals surface area contributed by atoms with E-state index in [-0.39, 0.29) is 11.1 Å². The van der Waals surface area contributed by atoms with Gasteiger partial charge in [-0.15, -0.1) is 0 Å². The average molecular weight is 468 g/mol. The fourth-order valence-electron chi connectivity index (χ4n) is 3.36. The van der Waals surface area contributed by atoms with Gasteiger partial charge in [0, 0.05) is 22.1 Å². The number of hydrogen-bond donors (Lipinski definition) is 2. The Morgan fingerprint density at radius 3 is 2.47 bits per heavy atom. The first-order chi connectivity index (χ1) is 15.1. The number of anilines is 1. The normalized spacial score (nSPS) is 11.2. The Hall–Kier alpha value is -3.53. The molecule has 3 aromatic rings. The minimum atomic E-state index is -1.06. The Balaban J connectivity index is 2.01. The molecule has 0 fully saturated rings. The van der Waals surface area contributed by atoms with Gasteiger partial charge in [0.15, 0.2) is 0 Å². The second-order valence-electron chi connectivity index (χ2n) is 7.17. The number of amides is 1. The first-order valence-electron chi connectivity index (χ1n) is 9.54. The molecule has 3 rings (SSSR count). The number of halogens is 2. The molecule has 1 amide bonds. The number of nitrogens with one attached hydrogen (secondary N) is 1. The fraction of sp³-hybridized carbons (Fsp3) is 0.125. The largest absolute Gasteiger partial charge is 0.478 e. The highest BCUT2D eigenvalue weighted by molar-refractivity contribution is 6.32. The van der Waals surface area contributed by atoms with E-state index in [4.69, 9.17) is 23.2 Å². The zero-order chi connectivity index (χ0) is 23.6. The molecule has 8 heteroatoms. The van der Waals surface area contributed by atoms with E-state index in [1.54, 1.807) is 42.7 Å². The molecule has 0 aliphatic rings. The zero-order valence-corrected chi connectivity index (χ0v) is 19.0. The summed E-state index contributed by atoms with van der Waals surface area (Å²) in [5.41, 5.74) is 3.83. The third-order valence-corrected chi connectivity index (χ3v) is 5.81. The van der Waals surface area contributed by atoms with Gasteiger partial charge in [0.05, 0.1) is 16.3 Å². The molecular weight excluding hydrogens is 449 g/mol. The van der Waals surface area contributed by atoms with Gasteiger partial charge >= 0.3 is 5.97 Å². The molecule has 0 unspecified atom stereocenters. The van der Waals surface area contributed by atoms with Crippen LogP contribution in [0.2, 0.25) is 10.0 Å². The number of nitrogens with zero attached hydrogens (tertiary/aromatic N) is 2. The summed E-state index contributed by atoms with van der Waals surface area (Å²) >= 11 is 12.4. The van der Waals surface area contributed by atoms with Crippen LogP contribution in [0.25, 0.3) is 11.8 Å². The molecule has 0 saturated carbocycles. The number of benzene rings is 2. The highest BCUT2D eigenvalue weighted by Gasteiger charge is 2.17. The highest BCUT2D eigenvalue weighted by Crippen LogP contribution is 2.29. The number of aromatic carboxylic acids is 1. The highest BCUT2D eigenvalue weighted by atomic mass is 35.5. The number of aromatic nitrogens is 1. The minimum absolute atomic E-state index is 0.0880. The molecule has 0 spiro atoms. The zero-order valence-electron chi connectivity index (χ0n) is 17.5. The van der Waals surface area contributed by atoms with Crippen molar-refractivity contribution in [2.45, 2.75) is 20.8 Å². The molecule has 2 N–H and O–H groups in total. The van der Waals surface area contributed by atoms with Gasteiger partial charge in [0.1, 0.15) is 11.6 Å². The number of hydrogen-bond acceptors (Lipinski definition) is 3. The van der Waals surface area contributed by atoms with Crippen LogP contribution in [0, 0.1) is 32.1 Å². The van der Waals surface area contributed by atoms with Gasteiger partial charge in [0.25, 0.3) is 5.91 Å². The van der Waals surface area contributed by atoms with Gasteiger partial charge in [-0.25, -0.2) is 4.79 Å². The molecule has 0 atom stereocenters. The predicted octanol–water partition coefficient (Wildman–Crippen LogP) is 5.95. The molecule has 1 aromatic heterocycles. The average Bonchev–Trinajstić information content (AvgIpc) is 3.02. The first-order valence-corrected chi connectivity index (χ1v) is 10.3. The van der Waals surface area contributed by atoms with E-state index in [9.17, 15) is 20.0 Å². The van der Waals surface area contributed by atoms with Crippen molar-refractivity contribution in [2.75, 3.05) is 5.32 Å². The van der Waals surface area contributed by atoms with E-state index in [0.717, 1.165) is 5.69 Å². The summed E-state index contributed by atoms with van der Waals surface area (Å²) in [5, 5.41) is 22.5. The molecule has 0 aliphatic heterocycles. The molecule has 162 valence electrons. The number of aryl methyl sites for hydroxylation is 1. The molecule has 0 bridgehead atoms. The van der Waals surface area contributed by atoms with Crippen LogP contribution in [0.5, 0.6) is 0 Å². The quantitative estimate of drug-likeness (QED) is 0.357. The van der Waals surface area contributed by atoms with Crippen LogP contribution in [0.1, 0.15) is 32.9 Å². The molecule has 2 aromatic carbocycles. The Kier molecular flexibility index (Phi) is 6.73.